The van der Waals surface area contributed by atoms with Crippen LogP contribution in [-0.2, 0) is 9.53 Å². The van der Waals surface area contributed by atoms with Gasteiger partial charge < -0.3 is 14.5 Å². The van der Waals surface area contributed by atoms with Crippen LogP contribution in [0.15, 0.2) is 51.1 Å². The monoisotopic (exact) mass is 388 g/mol. The van der Waals surface area contributed by atoms with Crippen molar-refractivity contribution in [3.63, 3.8) is 0 Å². The Kier molecular flexibility index (Phi) is 5.93. The summed E-state index contributed by atoms with van der Waals surface area (Å²) in [7, 11) is 0. The van der Waals surface area contributed by atoms with E-state index in [9.17, 15) is 9.59 Å². The minimum atomic E-state index is -0.575. The molecule has 2 rings (SSSR count). The molecule has 0 saturated carbocycles. The summed E-state index contributed by atoms with van der Waals surface area (Å²) in [4.78, 5) is 23.7. The Hall–Kier alpha value is -2.85. The second-order valence-electron chi connectivity index (χ2n) is 4.56. The number of carbonyl (C=O) groups excluding carboxylic acids is 2. The van der Waals surface area contributed by atoms with E-state index in [-0.39, 0.29) is 12.2 Å². The number of carbonyl (C=O) groups is 2. The topological polar surface area (TPSA) is 92.3 Å². The molecule has 0 atom stereocenters. The first-order valence-electron chi connectivity index (χ1n) is 6.99. The molecule has 1 aromatic heterocycles. The highest BCUT2D eigenvalue weighted by Crippen LogP contribution is 2.17. The smallest absolute Gasteiger partial charge is 0.338 e. The molecule has 0 aliphatic heterocycles. The number of ether oxygens (including phenoxy) is 1. The van der Waals surface area contributed by atoms with Gasteiger partial charge in [-0.2, -0.15) is 5.26 Å². The van der Waals surface area contributed by atoms with Crippen molar-refractivity contribution in [1.82, 2.24) is 0 Å². The van der Waals surface area contributed by atoms with Crippen LogP contribution in [0.25, 0.3) is 6.08 Å². The van der Waals surface area contributed by atoms with Crippen molar-refractivity contribution in [3.05, 3.63) is 58.0 Å². The van der Waals surface area contributed by atoms with E-state index in [1.807, 2.05) is 6.07 Å². The number of furan rings is 1. The molecular formula is C17H13BrN2O4. The highest BCUT2D eigenvalue weighted by Gasteiger charge is 2.12. The van der Waals surface area contributed by atoms with Gasteiger partial charge >= 0.3 is 5.97 Å². The number of rotatable bonds is 5. The molecule has 0 fully saturated rings. The third kappa shape index (κ3) is 4.57. The van der Waals surface area contributed by atoms with Crippen molar-refractivity contribution in [1.29, 1.82) is 5.26 Å². The fourth-order valence-electron chi connectivity index (χ4n) is 1.80. The number of halogens is 1. The Morgan fingerprint density at radius 2 is 2.00 bits per heavy atom. The summed E-state index contributed by atoms with van der Waals surface area (Å²) < 4.78 is 10.6. The Balaban J connectivity index is 2.09. The SMILES string of the molecule is CCOC(=O)c1ccc(NC(=O)/C(C#N)=C/c2ccc(Br)o2)cc1. The molecule has 0 saturated heterocycles. The van der Waals surface area contributed by atoms with Gasteiger partial charge in [0, 0.05) is 11.8 Å². The summed E-state index contributed by atoms with van der Waals surface area (Å²) in [6.45, 7) is 2.01. The van der Waals surface area contributed by atoms with E-state index in [2.05, 4.69) is 21.2 Å². The molecule has 0 bridgehead atoms. The number of benzene rings is 1. The lowest BCUT2D eigenvalue weighted by Crippen LogP contribution is -2.13. The van der Waals surface area contributed by atoms with Gasteiger partial charge in [0.25, 0.3) is 5.91 Å². The second-order valence-corrected chi connectivity index (χ2v) is 5.35. The molecule has 1 amide bonds. The number of hydrogen-bond acceptors (Lipinski definition) is 5. The van der Waals surface area contributed by atoms with Crippen LogP contribution in [0.3, 0.4) is 0 Å². The average Bonchev–Trinajstić information content (AvgIpc) is 2.98. The van der Waals surface area contributed by atoms with Gasteiger partial charge in [0.15, 0.2) is 4.67 Å². The summed E-state index contributed by atoms with van der Waals surface area (Å²) in [5, 5.41) is 11.7. The van der Waals surface area contributed by atoms with Gasteiger partial charge in [0.05, 0.1) is 12.2 Å². The zero-order valence-electron chi connectivity index (χ0n) is 12.7. The molecule has 24 heavy (non-hydrogen) atoms. The molecule has 1 N–H and O–H groups in total. The van der Waals surface area contributed by atoms with Crippen molar-refractivity contribution < 1.29 is 18.7 Å². The maximum absolute atomic E-state index is 12.1. The third-order valence-electron chi connectivity index (χ3n) is 2.90. The maximum Gasteiger partial charge on any atom is 0.338 e. The Bertz CT molecular complexity index is 816. The molecule has 1 aromatic carbocycles. The predicted octanol–water partition coefficient (Wildman–Crippen LogP) is 3.76. The zero-order valence-corrected chi connectivity index (χ0v) is 14.3. The van der Waals surface area contributed by atoms with Gasteiger partial charge in [0.2, 0.25) is 0 Å². The molecule has 1 heterocycles. The van der Waals surface area contributed by atoms with E-state index in [0.717, 1.165) is 0 Å². The molecule has 6 nitrogen and oxygen atoms in total. The van der Waals surface area contributed by atoms with Crippen molar-refractivity contribution in [2.45, 2.75) is 6.92 Å². The first-order chi connectivity index (χ1) is 11.5. The highest BCUT2D eigenvalue weighted by atomic mass is 79.9. The number of nitrogens with one attached hydrogen (secondary N) is 1. The van der Waals surface area contributed by atoms with E-state index in [4.69, 9.17) is 14.4 Å². The molecule has 0 aliphatic carbocycles. The molecule has 0 spiro atoms. The Morgan fingerprint density at radius 1 is 1.29 bits per heavy atom. The Morgan fingerprint density at radius 3 is 2.54 bits per heavy atom. The number of anilines is 1. The first kappa shape index (κ1) is 17.5. The molecular weight excluding hydrogens is 376 g/mol. The first-order valence-corrected chi connectivity index (χ1v) is 7.78. The number of hydrogen-bond donors (Lipinski definition) is 1. The van der Waals surface area contributed by atoms with Crippen molar-refractivity contribution in [2.24, 2.45) is 0 Å². The lowest BCUT2D eigenvalue weighted by Gasteiger charge is -2.05. The zero-order chi connectivity index (χ0) is 17.5. The van der Waals surface area contributed by atoms with Gasteiger partial charge in [-0.3, -0.25) is 4.79 Å². The number of esters is 1. The lowest BCUT2D eigenvalue weighted by atomic mass is 10.2. The lowest BCUT2D eigenvalue weighted by molar-refractivity contribution is -0.112. The van der Waals surface area contributed by atoms with Crippen LogP contribution < -0.4 is 5.32 Å². The standard InChI is InChI=1S/C17H13BrN2O4/c1-2-23-17(22)11-3-5-13(6-4-11)20-16(21)12(10-19)9-14-7-8-15(18)24-14/h3-9H,2H2,1H3,(H,20,21)/b12-9+. The molecule has 2 aromatic rings. The van der Waals surface area contributed by atoms with Crippen LogP contribution in [0.5, 0.6) is 0 Å². The van der Waals surface area contributed by atoms with Crippen molar-refractivity contribution in [3.8, 4) is 6.07 Å². The third-order valence-corrected chi connectivity index (χ3v) is 3.33. The quantitative estimate of drug-likeness (QED) is 0.478. The van der Waals surface area contributed by atoms with Gasteiger partial charge in [-0.25, -0.2) is 4.79 Å². The second kappa shape index (κ2) is 8.13. The van der Waals surface area contributed by atoms with Gasteiger partial charge in [-0.05, 0) is 59.3 Å². The van der Waals surface area contributed by atoms with Crippen LogP contribution in [-0.4, -0.2) is 18.5 Å². The fraction of sp³-hybridized carbons (Fsp3) is 0.118. The van der Waals surface area contributed by atoms with Gasteiger partial charge in [-0.1, -0.05) is 0 Å². The maximum atomic E-state index is 12.1. The molecule has 7 heteroatoms. The minimum absolute atomic E-state index is 0.105. The van der Waals surface area contributed by atoms with Crippen LogP contribution in [0.1, 0.15) is 23.0 Å². The van der Waals surface area contributed by atoms with Crippen LogP contribution in [0.4, 0.5) is 5.69 Å². The highest BCUT2D eigenvalue weighted by molar-refractivity contribution is 9.10. The Labute approximate surface area is 146 Å². The molecule has 0 unspecified atom stereocenters. The van der Waals surface area contributed by atoms with Crippen molar-refractivity contribution in [2.75, 3.05) is 11.9 Å². The molecule has 0 aliphatic rings. The summed E-state index contributed by atoms with van der Waals surface area (Å²) in [5.74, 6) is -0.628. The van der Waals surface area contributed by atoms with Crippen LogP contribution >= 0.6 is 15.9 Å². The fourth-order valence-corrected chi connectivity index (χ4v) is 2.12. The van der Waals surface area contributed by atoms with Crippen LogP contribution in [0.2, 0.25) is 0 Å². The molecule has 0 radical (unpaired) electrons. The average molecular weight is 389 g/mol. The predicted molar refractivity (Wildman–Crippen MR) is 91.0 cm³/mol. The number of nitrogens with zero attached hydrogens (tertiary/aromatic N) is 1. The number of amides is 1. The number of nitriles is 1. The summed E-state index contributed by atoms with van der Waals surface area (Å²) >= 11 is 3.15. The molecule has 122 valence electrons. The van der Waals surface area contributed by atoms with Gasteiger partial charge in [-0.15, -0.1) is 0 Å². The van der Waals surface area contributed by atoms with E-state index in [1.54, 1.807) is 31.2 Å². The summed E-state index contributed by atoms with van der Waals surface area (Å²) in [5.41, 5.74) is 0.729. The van der Waals surface area contributed by atoms with Gasteiger partial charge in [0.1, 0.15) is 17.4 Å². The summed E-state index contributed by atoms with van der Waals surface area (Å²) in [6, 6.07) is 11.3. The van der Waals surface area contributed by atoms with E-state index in [1.165, 1.54) is 18.2 Å². The summed E-state index contributed by atoms with van der Waals surface area (Å²) in [6.07, 6.45) is 1.34. The van der Waals surface area contributed by atoms with E-state index in [0.29, 0.717) is 21.7 Å². The van der Waals surface area contributed by atoms with E-state index >= 15 is 0 Å². The normalized spacial score (nSPS) is 10.8. The van der Waals surface area contributed by atoms with Crippen LogP contribution in [0, 0.1) is 11.3 Å². The largest absolute Gasteiger partial charge is 0.462 e. The minimum Gasteiger partial charge on any atom is -0.462 e. The van der Waals surface area contributed by atoms with Crippen molar-refractivity contribution >= 4 is 39.6 Å². The van der Waals surface area contributed by atoms with E-state index < -0.39 is 11.9 Å².